The van der Waals surface area contributed by atoms with Gasteiger partial charge in [-0.3, -0.25) is 4.90 Å². The van der Waals surface area contributed by atoms with E-state index in [-0.39, 0.29) is 0 Å². The number of aromatic nitrogens is 2. The molecule has 1 aliphatic heterocycles. The summed E-state index contributed by atoms with van der Waals surface area (Å²) in [5.41, 5.74) is 4.04. The third kappa shape index (κ3) is 2.67. The van der Waals surface area contributed by atoms with Crippen LogP contribution in [-0.4, -0.2) is 40.2 Å². The molecule has 1 aliphatic rings. The van der Waals surface area contributed by atoms with Crippen molar-refractivity contribution in [2.75, 3.05) is 13.2 Å². The molecule has 0 aliphatic carbocycles. The monoisotopic (exact) mass is 271 g/mol. The first-order valence-corrected chi connectivity index (χ1v) is 7.21. The number of nitrogens with zero attached hydrogens (tertiary/aromatic N) is 3. The molecule has 2 atom stereocenters. The minimum atomic E-state index is 0.292. The van der Waals surface area contributed by atoms with Crippen LogP contribution in [0.4, 0.5) is 0 Å². The van der Waals surface area contributed by atoms with Crippen molar-refractivity contribution in [1.29, 1.82) is 0 Å². The predicted octanol–water partition coefficient (Wildman–Crippen LogP) is 2.55. The van der Waals surface area contributed by atoms with E-state index in [1.165, 1.54) is 0 Å². The predicted molar refractivity (Wildman–Crippen MR) is 79.6 cm³/mol. The van der Waals surface area contributed by atoms with E-state index < -0.39 is 0 Å². The maximum absolute atomic E-state index is 5.68. The van der Waals surface area contributed by atoms with E-state index in [1.807, 2.05) is 31.2 Å². The number of aryl methyl sites for hydroxylation is 1. The van der Waals surface area contributed by atoms with Gasteiger partial charge in [0.25, 0.3) is 0 Å². The van der Waals surface area contributed by atoms with Crippen LogP contribution in [0, 0.1) is 6.92 Å². The molecule has 4 nitrogen and oxygen atoms in total. The van der Waals surface area contributed by atoms with Crippen LogP contribution >= 0.6 is 0 Å². The van der Waals surface area contributed by atoms with Crippen molar-refractivity contribution in [3.63, 3.8) is 0 Å². The molecule has 1 aromatic heterocycles. The Bertz CT molecular complexity index is 614. The fourth-order valence-electron chi connectivity index (χ4n) is 2.66. The smallest absolute Gasteiger partial charge is 0.0890 e. The van der Waals surface area contributed by atoms with E-state index in [2.05, 4.69) is 23.7 Å². The van der Waals surface area contributed by atoms with E-state index in [0.29, 0.717) is 12.1 Å². The normalized spacial score (nSPS) is 24.1. The van der Waals surface area contributed by atoms with E-state index in [0.717, 1.165) is 42.1 Å². The van der Waals surface area contributed by atoms with Gasteiger partial charge in [-0.2, -0.15) is 0 Å². The molecule has 0 radical (unpaired) electrons. The highest BCUT2D eigenvalue weighted by atomic mass is 16.5. The number of fused-ring (bicyclic) bond motifs is 1. The van der Waals surface area contributed by atoms with E-state index in [1.54, 1.807) is 0 Å². The molecule has 2 aromatic rings. The highest BCUT2D eigenvalue weighted by Gasteiger charge is 2.24. The zero-order chi connectivity index (χ0) is 14.1. The second-order valence-electron chi connectivity index (χ2n) is 5.67. The first kappa shape index (κ1) is 13.5. The summed E-state index contributed by atoms with van der Waals surface area (Å²) in [6, 6.07) is 8.48. The van der Waals surface area contributed by atoms with Crippen molar-refractivity contribution in [1.82, 2.24) is 14.9 Å². The lowest BCUT2D eigenvalue weighted by Crippen LogP contribution is -2.46. The number of hydrogen-bond donors (Lipinski definition) is 0. The Morgan fingerprint density at radius 3 is 2.65 bits per heavy atom. The maximum Gasteiger partial charge on any atom is 0.0890 e. The molecule has 1 fully saturated rings. The van der Waals surface area contributed by atoms with Crippen LogP contribution in [-0.2, 0) is 11.3 Å². The quantitative estimate of drug-likeness (QED) is 0.841. The van der Waals surface area contributed by atoms with Gasteiger partial charge in [-0.1, -0.05) is 12.1 Å². The Balaban J connectivity index is 1.88. The Labute approximate surface area is 119 Å². The zero-order valence-corrected chi connectivity index (χ0v) is 12.3. The summed E-state index contributed by atoms with van der Waals surface area (Å²) >= 11 is 0. The molecule has 0 unspecified atom stereocenters. The molecular weight excluding hydrogens is 250 g/mol. The lowest BCUT2D eigenvalue weighted by molar-refractivity contribution is -0.0531. The van der Waals surface area contributed by atoms with Gasteiger partial charge in [-0.25, -0.2) is 9.97 Å². The minimum Gasteiger partial charge on any atom is -0.376 e. The first-order valence-electron chi connectivity index (χ1n) is 7.21. The molecule has 3 rings (SSSR count). The van der Waals surface area contributed by atoms with Crippen LogP contribution in [0.15, 0.2) is 24.3 Å². The van der Waals surface area contributed by atoms with Gasteiger partial charge in [0.1, 0.15) is 0 Å². The largest absolute Gasteiger partial charge is 0.376 e. The summed E-state index contributed by atoms with van der Waals surface area (Å²) in [5.74, 6) is 0. The van der Waals surface area contributed by atoms with E-state index in [4.69, 9.17) is 9.72 Å². The summed E-state index contributed by atoms with van der Waals surface area (Å²) in [4.78, 5) is 11.9. The fourth-order valence-corrected chi connectivity index (χ4v) is 2.66. The van der Waals surface area contributed by atoms with Gasteiger partial charge < -0.3 is 4.74 Å². The Kier molecular flexibility index (Phi) is 3.68. The Morgan fingerprint density at radius 2 is 1.90 bits per heavy atom. The van der Waals surface area contributed by atoms with Crippen molar-refractivity contribution in [3.05, 3.63) is 35.7 Å². The molecule has 2 heterocycles. The zero-order valence-electron chi connectivity index (χ0n) is 12.3. The maximum atomic E-state index is 5.68. The van der Waals surface area contributed by atoms with E-state index >= 15 is 0 Å². The van der Waals surface area contributed by atoms with Crippen molar-refractivity contribution in [2.24, 2.45) is 0 Å². The first-order chi connectivity index (χ1) is 9.63. The van der Waals surface area contributed by atoms with Crippen molar-refractivity contribution in [2.45, 2.75) is 39.5 Å². The third-order valence-electron chi connectivity index (χ3n) is 3.93. The molecule has 1 aromatic carbocycles. The van der Waals surface area contributed by atoms with Gasteiger partial charge in [-0.15, -0.1) is 0 Å². The summed E-state index contributed by atoms with van der Waals surface area (Å²) < 4.78 is 5.68. The molecule has 1 saturated heterocycles. The molecule has 0 saturated carbocycles. The number of rotatable bonds is 2. The van der Waals surface area contributed by atoms with Crippen molar-refractivity contribution < 1.29 is 4.74 Å². The number of hydrogen-bond acceptors (Lipinski definition) is 4. The number of morpholine rings is 1. The minimum absolute atomic E-state index is 0.292. The SMILES string of the molecule is Cc1nc2ccccc2nc1CN1C[C@H](C)OC[C@H]1C. The highest BCUT2D eigenvalue weighted by molar-refractivity contribution is 5.74. The molecule has 0 amide bonds. The van der Waals surface area contributed by atoms with Crippen LogP contribution in [0.2, 0.25) is 0 Å². The molecule has 0 bridgehead atoms. The number of ether oxygens (including phenoxy) is 1. The van der Waals surface area contributed by atoms with Gasteiger partial charge in [0.2, 0.25) is 0 Å². The molecule has 0 spiro atoms. The van der Waals surface area contributed by atoms with Gasteiger partial charge in [0.05, 0.1) is 35.1 Å². The average molecular weight is 271 g/mol. The molecular formula is C16H21N3O. The van der Waals surface area contributed by atoms with E-state index in [9.17, 15) is 0 Å². The lowest BCUT2D eigenvalue weighted by Gasteiger charge is -2.36. The Morgan fingerprint density at radius 1 is 1.20 bits per heavy atom. The van der Waals surface area contributed by atoms with Gasteiger partial charge in [-0.05, 0) is 32.9 Å². The molecule has 4 heteroatoms. The van der Waals surface area contributed by atoms with Gasteiger partial charge in [0, 0.05) is 19.1 Å². The summed E-state index contributed by atoms with van der Waals surface area (Å²) in [6.45, 7) is 8.96. The average Bonchev–Trinajstić information content (AvgIpc) is 2.43. The fraction of sp³-hybridized carbons (Fsp3) is 0.500. The summed E-state index contributed by atoms with van der Waals surface area (Å²) in [7, 11) is 0. The number of para-hydroxylation sites is 2. The number of benzene rings is 1. The second-order valence-corrected chi connectivity index (χ2v) is 5.67. The highest BCUT2D eigenvalue weighted by Crippen LogP contribution is 2.18. The van der Waals surface area contributed by atoms with Crippen molar-refractivity contribution >= 4 is 11.0 Å². The molecule has 20 heavy (non-hydrogen) atoms. The standard InChI is InChI=1S/C16H21N3O/c1-11-10-20-12(2)8-19(11)9-16-13(3)17-14-6-4-5-7-15(14)18-16/h4-7,11-12H,8-10H2,1-3H3/t11-,12+/m1/s1. The second kappa shape index (κ2) is 5.46. The van der Waals surface area contributed by atoms with Crippen LogP contribution in [0.1, 0.15) is 25.2 Å². The van der Waals surface area contributed by atoms with Crippen LogP contribution in [0.5, 0.6) is 0 Å². The van der Waals surface area contributed by atoms with Crippen LogP contribution < -0.4 is 0 Å². The van der Waals surface area contributed by atoms with Crippen molar-refractivity contribution in [3.8, 4) is 0 Å². The summed E-state index contributed by atoms with van der Waals surface area (Å²) in [6.07, 6.45) is 0.292. The van der Waals surface area contributed by atoms with Gasteiger partial charge >= 0.3 is 0 Å². The molecule has 106 valence electrons. The van der Waals surface area contributed by atoms with Gasteiger partial charge in [0.15, 0.2) is 0 Å². The summed E-state index contributed by atoms with van der Waals surface area (Å²) in [5, 5.41) is 0. The topological polar surface area (TPSA) is 38.2 Å². The lowest BCUT2D eigenvalue weighted by atomic mass is 10.1. The van der Waals surface area contributed by atoms with Crippen LogP contribution in [0.3, 0.4) is 0 Å². The van der Waals surface area contributed by atoms with Crippen LogP contribution in [0.25, 0.3) is 11.0 Å². The third-order valence-corrected chi connectivity index (χ3v) is 3.93. The molecule has 0 N–H and O–H groups in total. The Hall–Kier alpha value is -1.52.